The molecule has 0 aliphatic rings. The number of nitrogens with zero attached hydrogens (tertiary/aromatic N) is 1. The van der Waals surface area contributed by atoms with Crippen molar-refractivity contribution >= 4 is 43.8 Å². The Morgan fingerprint density at radius 1 is 0.974 bits per heavy atom. The average molecular weight is 569 g/mol. The predicted molar refractivity (Wildman–Crippen MR) is 153 cm³/mol. The molecule has 0 spiro atoms. The molecule has 0 bridgehead atoms. The lowest BCUT2D eigenvalue weighted by Gasteiger charge is -2.13. The van der Waals surface area contributed by atoms with Crippen LogP contribution in [0.4, 0.5) is 16.5 Å². The van der Waals surface area contributed by atoms with Gasteiger partial charge in [0.2, 0.25) is 0 Å². The van der Waals surface area contributed by atoms with Gasteiger partial charge in [-0.2, -0.15) is 0 Å². The van der Waals surface area contributed by atoms with Crippen LogP contribution in [0.1, 0.15) is 6.92 Å². The van der Waals surface area contributed by atoms with Gasteiger partial charge in [0.25, 0.3) is 15.9 Å². The Labute approximate surface area is 231 Å². The van der Waals surface area contributed by atoms with Crippen LogP contribution in [0.2, 0.25) is 0 Å². The molecule has 0 aliphatic heterocycles. The maximum Gasteiger partial charge on any atom is 0.262 e. The molecule has 0 saturated heterocycles. The van der Waals surface area contributed by atoms with E-state index in [9.17, 15) is 13.2 Å². The lowest BCUT2D eigenvalue weighted by molar-refractivity contribution is -0.118. The summed E-state index contributed by atoms with van der Waals surface area (Å²) in [5.74, 6) is 1.08. The second-order valence-electron chi connectivity index (χ2n) is 8.07. The molecule has 4 aromatic rings. The average Bonchev–Trinajstić information content (AvgIpc) is 3.43. The van der Waals surface area contributed by atoms with E-state index in [0.717, 1.165) is 16.4 Å². The molecule has 0 unspecified atom stereocenters. The van der Waals surface area contributed by atoms with Crippen LogP contribution >= 0.6 is 11.3 Å². The SMILES string of the molecule is CCOc1ccc(NS(=O)(=O)c2ccc(OCC(=O)Nc3cc(-c4csc(NC)n4)ccc3OC)cc2)cc1. The molecular weight excluding hydrogens is 540 g/mol. The summed E-state index contributed by atoms with van der Waals surface area (Å²) in [5, 5.41) is 8.50. The van der Waals surface area contributed by atoms with Gasteiger partial charge in [-0.25, -0.2) is 13.4 Å². The molecular formula is C27H28N4O6S2. The fourth-order valence-corrected chi connectivity index (χ4v) is 5.28. The van der Waals surface area contributed by atoms with Crippen LogP contribution in [0, 0.1) is 0 Å². The topological polar surface area (TPSA) is 128 Å². The first-order valence-electron chi connectivity index (χ1n) is 11.9. The van der Waals surface area contributed by atoms with Gasteiger partial charge in [-0.1, -0.05) is 0 Å². The minimum absolute atomic E-state index is 0.0539. The molecule has 0 saturated carbocycles. The molecule has 10 nitrogen and oxygen atoms in total. The Hall–Kier alpha value is -4.29. The van der Waals surface area contributed by atoms with Crippen molar-refractivity contribution < 1.29 is 27.4 Å². The number of thiazole rings is 1. The number of sulfonamides is 1. The lowest BCUT2D eigenvalue weighted by Crippen LogP contribution is -2.20. The zero-order chi connectivity index (χ0) is 27.8. The number of aromatic nitrogens is 1. The minimum atomic E-state index is -3.81. The highest BCUT2D eigenvalue weighted by molar-refractivity contribution is 7.92. The molecule has 0 atom stereocenters. The molecule has 1 heterocycles. The molecule has 12 heteroatoms. The number of benzene rings is 3. The number of hydrogen-bond donors (Lipinski definition) is 3. The van der Waals surface area contributed by atoms with E-state index in [4.69, 9.17) is 14.2 Å². The summed E-state index contributed by atoms with van der Waals surface area (Å²) in [6.07, 6.45) is 0. The van der Waals surface area contributed by atoms with E-state index in [2.05, 4.69) is 20.3 Å². The van der Waals surface area contributed by atoms with Crippen molar-refractivity contribution in [2.24, 2.45) is 0 Å². The highest BCUT2D eigenvalue weighted by Crippen LogP contribution is 2.32. The van der Waals surface area contributed by atoms with Crippen molar-refractivity contribution in [3.8, 4) is 28.5 Å². The zero-order valence-corrected chi connectivity index (χ0v) is 23.2. The molecule has 204 valence electrons. The van der Waals surface area contributed by atoms with E-state index in [0.29, 0.717) is 35.2 Å². The molecule has 1 aromatic heterocycles. The third kappa shape index (κ3) is 7.18. The van der Waals surface area contributed by atoms with Crippen molar-refractivity contribution in [1.29, 1.82) is 0 Å². The largest absolute Gasteiger partial charge is 0.495 e. The highest BCUT2D eigenvalue weighted by atomic mass is 32.2. The van der Waals surface area contributed by atoms with Crippen LogP contribution in [0.15, 0.2) is 77.0 Å². The van der Waals surface area contributed by atoms with Crippen LogP contribution in [-0.4, -0.2) is 46.7 Å². The van der Waals surface area contributed by atoms with Gasteiger partial charge in [0.15, 0.2) is 11.7 Å². The van der Waals surface area contributed by atoms with Gasteiger partial charge in [0.1, 0.15) is 17.2 Å². The van der Waals surface area contributed by atoms with E-state index in [-0.39, 0.29) is 11.5 Å². The summed E-state index contributed by atoms with van der Waals surface area (Å²) in [4.78, 5) is 17.2. The van der Waals surface area contributed by atoms with Crippen LogP contribution < -0.4 is 29.6 Å². The first-order chi connectivity index (χ1) is 18.8. The number of carbonyl (C=O) groups is 1. The molecule has 0 aliphatic carbocycles. The monoisotopic (exact) mass is 568 g/mol. The number of rotatable bonds is 12. The highest BCUT2D eigenvalue weighted by Gasteiger charge is 2.15. The number of carbonyl (C=O) groups excluding carboxylic acids is 1. The quantitative estimate of drug-likeness (QED) is 0.216. The summed E-state index contributed by atoms with van der Waals surface area (Å²) in [6, 6.07) is 17.8. The third-order valence-corrected chi connectivity index (χ3v) is 7.67. The molecule has 3 aromatic carbocycles. The first-order valence-corrected chi connectivity index (χ1v) is 14.3. The van der Waals surface area contributed by atoms with Gasteiger partial charge >= 0.3 is 0 Å². The molecule has 4 rings (SSSR count). The number of ether oxygens (including phenoxy) is 3. The maximum atomic E-state index is 12.7. The number of nitrogens with one attached hydrogen (secondary N) is 3. The maximum absolute atomic E-state index is 12.7. The number of hydrogen-bond acceptors (Lipinski definition) is 9. The predicted octanol–water partition coefficient (Wildman–Crippen LogP) is 5.08. The summed E-state index contributed by atoms with van der Waals surface area (Å²) < 4.78 is 44.3. The fraction of sp³-hybridized carbons (Fsp3) is 0.185. The van der Waals surface area contributed by atoms with Crippen molar-refractivity contribution in [3.05, 3.63) is 72.1 Å². The van der Waals surface area contributed by atoms with Crippen molar-refractivity contribution in [3.63, 3.8) is 0 Å². The zero-order valence-electron chi connectivity index (χ0n) is 21.6. The Morgan fingerprint density at radius 3 is 2.31 bits per heavy atom. The van der Waals surface area contributed by atoms with Crippen LogP contribution in [-0.2, 0) is 14.8 Å². The van der Waals surface area contributed by atoms with E-state index < -0.39 is 15.9 Å². The van der Waals surface area contributed by atoms with Crippen LogP contribution in [0.5, 0.6) is 17.2 Å². The standard InChI is InChI=1S/C27H28N4O6S2/c1-4-36-20-8-6-19(7-9-20)31-39(33,34)22-12-10-21(11-13-22)37-16-26(32)29-23-15-18(5-14-25(23)35-3)24-17-38-27(28-2)30-24/h5-15,17,31H,4,16H2,1-3H3,(H,28,30)(H,29,32). The van der Waals surface area contributed by atoms with Crippen molar-refractivity contribution in [1.82, 2.24) is 4.98 Å². The van der Waals surface area contributed by atoms with Gasteiger partial charge in [-0.3, -0.25) is 9.52 Å². The van der Waals surface area contributed by atoms with Crippen molar-refractivity contribution in [2.45, 2.75) is 11.8 Å². The minimum Gasteiger partial charge on any atom is -0.495 e. The summed E-state index contributed by atoms with van der Waals surface area (Å²) in [7, 11) is -0.492. The normalized spacial score (nSPS) is 10.9. The van der Waals surface area contributed by atoms with Gasteiger partial charge < -0.3 is 24.8 Å². The van der Waals surface area contributed by atoms with Gasteiger partial charge in [0.05, 0.1) is 30.0 Å². The summed E-state index contributed by atoms with van der Waals surface area (Å²) in [5.41, 5.74) is 2.47. The summed E-state index contributed by atoms with van der Waals surface area (Å²) in [6.45, 7) is 2.11. The van der Waals surface area contributed by atoms with Gasteiger partial charge in [-0.15, -0.1) is 11.3 Å². The van der Waals surface area contributed by atoms with Gasteiger partial charge in [0, 0.05) is 23.7 Å². The third-order valence-electron chi connectivity index (χ3n) is 5.41. The second kappa shape index (κ2) is 12.5. The Balaban J connectivity index is 1.36. The van der Waals surface area contributed by atoms with Crippen molar-refractivity contribution in [2.75, 3.05) is 42.7 Å². The first kappa shape index (κ1) is 27.7. The van der Waals surface area contributed by atoms with Crippen LogP contribution in [0.3, 0.4) is 0 Å². The van der Waals surface area contributed by atoms with E-state index in [1.54, 1.807) is 43.4 Å². The Kier molecular flexibility index (Phi) is 8.89. The Bertz CT molecular complexity index is 1520. The smallest absolute Gasteiger partial charge is 0.262 e. The van der Waals surface area contributed by atoms with Gasteiger partial charge in [-0.05, 0) is 73.7 Å². The molecule has 0 radical (unpaired) electrons. The van der Waals surface area contributed by atoms with Crippen LogP contribution in [0.25, 0.3) is 11.3 Å². The molecule has 1 amide bonds. The summed E-state index contributed by atoms with van der Waals surface area (Å²) >= 11 is 1.48. The lowest BCUT2D eigenvalue weighted by atomic mass is 10.1. The fourth-order valence-electron chi connectivity index (χ4n) is 3.54. The number of anilines is 3. The Morgan fingerprint density at radius 2 is 1.67 bits per heavy atom. The van der Waals surface area contributed by atoms with E-state index in [1.165, 1.54) is 42.7 Å². The molecule has 0 fully saturated rings. The number of amides is 1. The molecule has 39 heavy (non-hydrogen) atoms. The van der Waals surface area contributed by atoms with E-state index >= 15 is 0 Å². The van der Waals surface area contributed by atoms with E-state index in [1.807, 2.05) is 18.4 Å². The molecule has 3 N–H and O–H groups in total. The second-order valence-corrected chi connectivity index (χ2v) is 10.6. The number of methoxy groups -OCH3 is 1.